The van der Waals surface area contributed by atoms with Crippen LogP contribution < -0.4 is 20.1 Å². The molecule has 0 saturated carbocycles. The summed E-state index contributed by atoms with van der Waals surface area (Å²) in [4.78, 5) is 29.5. The van der Waals surface area contributed by atoms with Gasteiger partial charge in [-0.3, -0.25) is 14.6 Å². The molecule has 2 amide bonds. The number of hydrogen-bond acceptors (Lipinski definition) is 5. The van der Waals surface area contributed by atoms with Crippen LogP contribution in [0, 0.1) is 6.92 Å². The molecule has 0 aliphatic rings. The Hall–Kier alpha value is -3.87. The van der Waals surface area contributed by atoms with Crippen molar-refractivity contribution in [1.29, 1.82) is 0 Å². The molecule has 0 fully saturated rings. The van der Waals surface area contributed by atoms with E-state index in [1.807, 2.05) is 26.8 Å². The van der Waals surface area contributed by atoms with Gasteiger partial charge in [0.15, 0.2) is 0 Å². The van der Waals surface area contributed by atoms with Gasteiger partial charge in [-0.15, -0.1) is 0 Å². The lowest BCUT2D eigenvalue weighted by atomic mass is 10.1. The molecule has 0 spiro atoms. The summed E-state index contributed by atoms with van der Waals surface area (Å²) in [5.74, 6) is 0.249. The number of hydrogen-bond donors (Lipinski definition) is 2. The predicted molar refractivity (Wildman–Crippen MR) is 120 cm³/mol. The second kappa shape index (κ2) is 10.2. The minimum atomic E-state index is -0.322. The molecule has 0 atom stereocenters. The van der Waals surface area contributed by atoms with E-state index in [1.165, 1.54) is 6.20 Å². The quantitative estimate of drug-likeness (QED) is 0.553. The fourth-order valence-electron chi connectivity index (χ4n) is 2.89. The summed E-state index contributed by atoms with van der Waals surface area (Å²) >= 11 is 0. The van der Waals surface area contributed by atoms with Crippen LogP contribution in [0.2, 0.25) is 0 Å². The van der Waals surface area contributed by atoms with E-state index in [4.69, 9.17) is 9.47 Å². The first-order valence-electron chi connectivity index (χ1n) is 10.1. The van der Waals surface area contributed by atoms with E-state index >= 15 is 0 Å². The molecule has 3 aromatic rings. The first-order chi connectivity index (χ1) is 15.0. The zero-order valence-corrected chi connectivity index (χ0v) is 17.8. The summed E-state index contributed by atoms with van der Waals surface area (Å²) in [7, 11) is 0. The highest BCUT2D eigenvalue weighted by Crippen LogP contribution is 2.37. The molecule has 0 unspecified atom stereocenters. The van der Waals surface area contributed by atoms with Gasteiger partial charge in [-0.2, -0.15) is 0 Å². The van der Waals surface area contributed by atoms with Crippen LogP contribution in [-0.2, 0) is 0 Å². The highest BCUT2D eigenvalue weighted by Gasteiger charge is 2.17. The predicted octanol–water partition coefficient (Wildman–Crippen LogP) is 4.69. The summed E-state index contributed by atoms with van der Waals surface area (Å²) in [6.45, 7) is 6.31. The minimum absolute atomic E-state index is 0.272. The third-order valence-corrected chi connectivity index (χ3v) is 4.39. The Bertz CT molecular complexity index is 1050. The van der Waals surface area contributed by atoms with Crippen LogP contribution in [0.1, 0.15) is 40.3 Å². The molecule has 1 heterocycles. The number of benzene rings is 2. The molecular weight excluding hydrogens is 394 g/mol. The lowest BCUT2D eigenvalue weighted by Gasteiger charge is -2.18. The molecule has 0 bridgehead atoms. The van der Waals surface area contributed by atoms with Crippen LogP contribution in [-0.4, -0.2) is 30.0 Å². The van der Waals surface area contributed by atoms with Crippen molar-refractivity contribution < 1.29 is 19.1 Å². The highest BCUT2D eigenvalue weighted by atomic mass is 16.5. The van der Waals surface area contributed by atoms with E-state index in [0.29, 0.717) is 47.2 Å². The number of amides is 2. The monoisotopic (exact) mass is 419 g/mol. The van der Waals surface area contributed by atoms with Gasteiger partial charge in [0.1, 0.15) is 11.5 Å². The zero-order valence-electron chi connectivity index (χ0n) is 17.8. The maximum absolute atomic E-state index is 12.7. The number of carbonyl (C=O) groups is 2. The van der Waals surface area contributed by atoms with E-state index in [2.05, 4.69) is 15.6 Å². The fraction of sp³-hybridized carbons (Fsp3) is 0.208. The number of ether oxygens (including phenoxy) is 2. The molecule has 0 aliphatic carbocycles. The fourth-order valence-corrected chi connectivity index (χ4v) is 2.89. The Morgan fingerprint density at radius 2 is 1.35 bits per heavy atom. The van der Waals surface area contributed by atoms with Crippen LogP contribution in [0.4, 0.5) is 11.4 Å². The maximum Gasteiger partial charge on any atom is 0.257 e. The van der Waals surface area contributed by atoms with Crippen molar-refractivity contribution in [3.63, 3.8) is 0 Å². The Morgan fingerprint density at radius 3 is 1.84 bits per heavy atom. The summed E-state index contributed by atoms with van der Waals surface area (Å²) in [6.07, 6.45) is 1.52. The van der Waals surface area contributed by atoms with Gasteiger partial charge in [0.2, 0.25) is 0 Å². The van der Waals surface area contributed by atoms with Gasteiger partial charge in [-0.25, -0.2) is 0 Å². The number of carbonyl (C=O) groups excluding carboxylic acids is 2. The van der Waals surface area contributed by atoms with Gasteiger partial charge >= 0.3 is 0 Å². The number of nitrogens with one attached hydrogen (secondary N) is 2. The van der Waals surface area contributed by atoms with Crippen molar-refractivity contribution in [2.75, 3.05) is 23.8 Å². The van der Waals surface area contributed by atoms with Crippen LogP contribution in [0.15, 0.2) is 60.8 Å². The second-order valence-electron chi connectivity index (χ2n) is 6.67. The summed E-state index contributed by atoms with van der Waals surface area (Å²) in [5.41, 5.74) is 2.66. The Balaban J connectivity index is 1.92. The molecular formula is C24H25N3O4. The largest absolute Gasteiger partial charge is 0.492 e. The maximum atomic E-state index is 12.7. The van der Waals surface area contributed by atoms with Crippen molar-refractivity contribution in [1.82, 2.24) is 4.98 Å². The topological polar surface area (TPSA) is 89.6 Å². The van der Waals surface area contributed by atoms with Gasteiger partial charge in [0.25, 0.3) is 11.8 Å². The molecule has 0 aliphatic heterocycles. The van der Waals surface area contributed by atoms with E-state index in [1.54, 1.807) is 48.5 Å². The Morgan fingerprint density at radius 1 is 0.806 bits per heavy atom. The molecule has 3 rings (SSSR count). The molecule has 1 aromatic heterocycles. The first-order valence-corrected chi connectivity index (χ1v) is 10.1. The molecule has 2 N–H and O–H groups in total. The molecule has 2 aromatic carbocycles. The van der Waals surface area contributed by atoms with Crippen LogP contribution in [0.25, 0.3) is 0 Å². The molecule has 0 radical (unpaired) electrons. The van der Waals surface area contributed by atoms with E-state index in [0.717, 1.165) is 5.69 Å². The van der Waals surface area contributed by atoms with Crippen molar-refractivity contribution >= 4 is 23.2 Å². The smallest absolute Gasteiger partial charge is 0.257 e. The standard InChI is InChI=1S/C24H25N3O4/c1-4-30-21-14-20(27-24(29)18-12-11-16(3)25-15-18)22(31-5-2)13-19(21)26-23(28)17-9-7-6-8-10-17/h6-15H,4-5H2,1-3H3,(H,26,28)(H,27,29). The highest BCUT2D eigenvalue weighted by molar-refractivity contribution is 6.07. The molecule has 7 heteroatoms. The van der Waals surface area contributed by atoms with Crippen molar-refractivity contribution in [2.45, 2.75) is 20.8 Å². The number of aromatic nitrogens is 1. The number of nitrogens with zero attached hydrogens (tertiary/aromatic N) is 1. The zero-order chi connectivity index (χ0) is 22.2. The minimum Gasteiger partial charge on any atom is -0.492 e. The lowest BCUT2D eigenvalue weighted by Crippen LogP contribution is -2.16. The van der Waals surface area contributed by atoms with Crippen molar-refractivity contribution in [3.05, 3.63) is 77.6 Å². The summed E-state index contributed by atoms with van der Waals surface area (Å²) in [6, 6.07) is 15.7. The average Bonchev–Trinajstić information content (AvgIpc) is 2.77. The van der Waals surface area contributed by atoms with Crippen molar-refractivity contribution in [2.24, 2.45) is 0 Å². The number of pyridine rings is 1. The molecule has 160 valence electrons. The Labute approximate surface area is 181 Å². The molecule has 31 heavy (non-hydrogen) atoms. The third-order valence-electron chi connectivity index (χ3n) is 4.39. The summed E-state index contributed by atoms with van der Waals surface area (Å²) in [5, 5.41) is 5.71. The average molecular weight is 419 g/mol. The van der Waals surface area contributed by atoms with E-state index in [-0.39, 0.29) is 11.8 Å². The van der Waals surface area contributed by atoms with Gasteiger partial charge in [0, 0.05) is 29.6 Å². The summed E-state index contributed by atoms with van der Waals surface area (Å²) < 4.78 is 11.4. The van der Waals surface area contributed by atoms with Crippen LogP contribution in [0.3, 0.4) is 0 Å². The number of rotatable bonds is 8. The molecule has 0 saturated heterocycles. The van der Waals surface area contributed by atoms with Gasteiger partial charge in [-0.1, -0.05) is 18.2 Å². The third kappa shape index (κ3) is 5.60. The number of anilines is 2. The Kier molecular flexibility index (Phi) is 7.22. The molecule has 7 nitrogen and oxygen atoms in total. The number of aryl methyl sites for hydroxylation is 1. The van der Waals surface area contributed by atoms with Crippen LogP contribution >= 0.6 is 0 Å². The normalized spacial score (nSPS) is 10.3. The van der Waals surface area contributed by atoms with E-state index in [9.17, 15) is 9.59 Å². The van der Waals surface area contributed by atoms with Gasteiger partial charge < -0.3 is 20.1 Å². The lowest BCUT2D eigenvalue weighted by molar-refractivity contribution is 0.101. The van der Waals surface area contributed by atoms with Gasteiger partial charge in [0.05, 0.1) is 30.2 Å². The first kappa shape index (κ1) is 21.8. The SMILES string of the molecule is CCOc1cc(NC(=O)c2ccc(C)nc2)c(OCC)cc1NC(=O)c1ccccc1. The van der Waals surface area contributed by atoms with Crippen LogP contribution in [0.5, 0.6) is 11.5 Å². The van der Waals surface area contributed by atoms with E-state index < -0.39 is 0 Å². The second-order valence-corrected chi connectivity index (χ2v) is 6.67. The van der Waals surface area contributed by atoms with Gasteiger partial charge in [-0.05, 0) is 45.0 Å². The van der Waals surface area contributed by atoms with Crippen molar-refractivity contribution in [3.8, 4) is 11.5 Å².